The van der Waals surface area contributed by atoms with Crippen LogP contribution in [0.1, 0.15) is 24.5 Å². The average Bonchev–Trinajstić information content (AvgIpc) is 3.16. The lowest BCUT2D eigenvalue weighted by Crippen LogP contribution is -2.22. The number of rotatable bonds is 7. The van der Waals surface area contributed by atoms with Crippen molar-refractivity contribution in [3.05, 3.63) is 69.8 Å². The number of benzene rings is 2. The van der Waals surface area contributed by atoms with Crippen molar-refractivity contribution in [1.82, 2.24) is 0 Å². The van der Waals surface area contributed by atoms with E-state index in [1.807, 2.05) is 26.0 Å². The van der Waals surface area contributed by atoms with E-state index in [-0.39, 0.29) is 23.5 Å². The molecule has 5 nitrogen and oxygen atoms in total. The molecule has 1 N–H and O–H groups in total. The van der Waals surface area contributed by atoms with Crippen molar-refractivity contribution in [3.8, 4) is 5.75 Å². The van der Waals surface area contributed by atoms with E-state index in [0.29, 0.717) is 17.9 Å². The number of nitrogens with one attached hydrogen (secondary N) is 1. The Bertz CT molecular complexity index is 1190. The van der Waals surface area contributed by atoms with Crippen LogP contribution < -0.4 is 15.7 Å². The van der Waals surface area contributed by atoms with Crippen molar-refractivity contribution in [2.75, 3.05) is 17.7 Å². The van der Waals surface area contributed by atoms with E-state index in [1.54, 1.807) is 23.9 Å². The Hall–Kier alpha value is -2.80. The van der Waals surface area contributed by atoms with Crippen LogP contribution in [0.5, 0.6) is 5.75 Å². The lowest BCUT2D eigenvalue weighted by atomic mass is 10.1. The van der Waals surface area contributed by atoms with Gasteiger partial charge in [-0.3, -0.25) is 4.99 Å². The zero-order chi connectivity index (χ0) is 22.0. The Morgan fingerprint density at radius 1 is 1.23 bits per heavy atom. The zero-order valence-electron chi connectivity index (χ0n) is 17.8. The SMILES string of the molecule is Cc1ccc(F)cc1NC(C)CC1CSC(COc2ccc3c(C)cc(=O)oc3c2)=N1. The third-order valence-corrected chi connectivity index (χ3v) is 6.39. The smallest absolute Gasteiger partial charge is 0.336 e. The minimum absolute atomic E-state index is 0.168. The van der Waals surface area contributed by atoms with Gasteiger partial charge in [-0.15, -0.1) is 11.8 Å². The number of hydrogen-bond acceptors (Lipinski definition) is 6. The lowest BCUT2D eigenvalue weighted by Gasteiger charge is -2.19. The molecule has 1 aliphatic rings. The highest BCUT2D eigenvalue weighted by atomic mass is 32.2. The second-order valence-electron chi connectivity index (χ2n) is 7.92. The molecule has 0 radical (unpaired) electrons. The number of hydrogen-bond donors (Lipinski definition) is 1. The van der Waals surface area contributed by atoms with Crippen molar-refractivity contribution in [1.29, 1.82) is 0 Å². The van der Waals surface area contributed by atoms with Gasteiger partial charge in [0.15, 0.2) is 0 Å². The van der Waals surface area contributed by atoms with Crippen molar-refractivity contribution in [2.45, 2.75) is 39.3 Å². The maximum Gasteiger partial charge on any atom is 0.336 e. The van der Waals surface area contributed by atoms with Gasteiger partial charge in [0.25, 0.3) is 0 Å². The summed E-state index contributed by atoms with van der Waals surface area (Å²) in [5, 5.41) is 5.24. The number of thioether (sulfide) groups is 1. The Kier molecular flexibility index (Phi) is 6.32. The summed E-state index contributed by atoms with van der Waals surface area (Å²) in [5.74, 6) is 1.31. The van der Waals surface area contributed by atoms with Crippen LogP contribution in [-0.4, -0.2) is 29.5 Å². The molecule has 0 bridgehead atoms. The third kappa shape index (κ3) is 5.28. The summed E-state index contributed by atoms with van der Waals surface area (Å²) in [6.45, 7) is 6.32. The summed E-state index contributed by atoms with van der Waals surface area (Å²) < 4.78 is 24.7. The molecule has 0 aliphatic carbocycles. The zero-order valence-corrected chi connectivity index (χ0v) is 18.6. The van der Waals surface area contributed by atoms with Gasteiger partial charge in [0.1, 0.15) is 28.8 Å². The summed E-state index contributed by atoms with van der Waals surface area (Å²) in [6, 6.07) is 12.1. The van der Waals surface area contributed by atoms with Crippen LogP contribution >= 0.6 is 11.8 Å². The molecular weight excluding hydrogens is 415 g/mol. The number of aryl methyl sites for hydroxylation is 2. The minimum Gasteiger partial charge on any atom is -0.487 e. The normalized spacial score (nSPS) is 16.9. The first-order chi connectivity index (χ1) is 14.9. The van der Waals surface area contributed by atoms with Gasteiger partial charge in [0, 0.05) is 35.0 Å². The van der Waals surface area contributed by atoms with Gasteiger partial charge in [-0.05, 0) is 62.6 Å². The molecular formula is C24H25FN2O3S. The van der Waals surface area contributed by atoms with Gasteiger partial charge >= 0.3 is 5.63 Å². The molecule has 0 saturated carbocycles. The third-order valence-electron chi connectivity index (χ3n) is 5.28. The van der Waals surface area contributed by atoms with E-state index in [9.17, 15) is 9.18 Å². The van der Waals surface area contributed by atoms with E-state index in [4.69, 9.17) is 14.1 Å². The maximum atomic E-state index is 13.5. The van der Waals surface area contributed by atoms with Crippen LogP contribution in [0, 0.1) is 19.7 Å². The van der Waals surface area contributed by atoms with Crippen LogP contribution in [0.4, 0.5) is 10.1 Å². The molecule has 3 aromatic rings. The highest BCUT2D eigenvalue weighted by Gasteiger charge is 2.21. The van der Waals surface area contributed by atoms with E-state index in [0.717, 1.165) is 39.4 Å². The first kappa shape index (κ1) is 21.4. The summed E-state index contributed by atoms with van der Waals surface area (Å²) in [6.07, 6.45) is 0.854. The van der Waals surface area contributed by atoms with Crippen molar-refractivity contribution >= 4 is 33.5 Å². The standard InChI is InChI=1S/C24H25FN2O3S/c1-14-4-5-17(25)10-21(14)26-16(3)9-18-13-31-23(27-18)12-29-19-6-7-20-15(2)8-24(28)30-22(20)11-19/h4-8,10-11,16,18,26H,9,12-13H2,1-3H3. The molecule has 0 spiro atoms. The van der Waals surface area contributed by atoms with Crippen LogP contribution in [0.25, 0.3) is 11.0 Å². The van der Waals surface area contributed by atoms with E-state index >= 15 is 0 Å². The number of ether oxygens (including phenoxy) is 1. The second kappa shape index (κ2) is 9.14. The van der Waals surface area contributed by atoms with Gasteiger partial charge in [0.05, 0.1) is 6.04 Å². The Labute approximate surface area is 184 Å². The summed E-state index contributed by atoms with van der Waals surface area (Å²) >= 11 is 1.70. The highest BCUT2D eigenvalue weighted by molar-refractivity contribution is 8.14. The van der Waals surface area contributed by atoms with Gasteiger partial charge in [0.2, 0.25) is 0 Å². The summed E-state index contributed by atoms with van der Waals surface area (Å²) in [5.41, 5.74) is 2.88. The molecule has 0 saturated heterocycles. The summed E-state index contributed by atoms with van der Waals surface area (Å²) in [7, 11) is 0. The van der Waals surface area contributed by atoms with Crippen molar-refractivity contribution in [3.63, 3.8) is 0 Å². The first-order valence-corrected chi connectivity index (χ1v) is 11.3. The van der Waals surface area contributed by atoms with Gasteiger partial charge < -0.3 is 14.5 Å². The first-order valence-electron chi connectivity index (χ1n) is 10.3. The molecule has 4 rings (SSSR count). The molecule has 31 heavy (non-hydrogen) atoms. The van der Waals surface area contributed by atoms with Crippen LogP contribution in [-0.2, 0) is 0 Å². The molecule has 7 heteroatoms. The van der Waals surface area contributed by atoms with E-state index < -0.39 is 0 Å². The number of fused-ring (bicyclic) bond motifs is 1. The fourth-order valence-corrected chi connectivity index (χ4v) is 4.65. The Balaban J connectivity index is 1.34. The topological polar surface area (TPSA) is 63.8 Å². The molecule has 162 valence electrons. The van der Waals surface area contributed by atoms with Gasteiger partial charge in [-0.2, -0.15) is 0 Å². The second-order valence-corrected chi connectivity index (χ2v) is 9.02. The monoisotopic (exact) mass is 440 g/mol. The fraction of sp³-hybridized carbons (Fsp3) is 0.333. The number of nitrogens with zero attached hydrogens (tertiary/aromatic N) is 1. The van der Waals surface area contributed by atoms with Gasteiger partial charge in [-0.1, -0.05) is 6.07 Å². The van der Waals surface area contributed by atoms with Gasteiger partial charge in [-0.25, -0.2) is 9.18 Å². The molecule has 1 aliphatic heterocycles. The summed E-state index contributed by atoms with van der Waals surface area (Å²) in [4.78, 5) is 16.4. The van der Waals surface area contributed by atoms with Crippen LogP contribution in [0.15, 0.2) is 56.7 Å². The Morgan fingerprint density at radius 2 is 2.06 bits per heavy atom. The average molecular weight is 441 g/mol. The maximum absolute atomic E-state index is 13.5. The molecule has 2 unspecified atom stereocenters. The highest BCUT2D eigenvalue weighted by Crippen LogP contribution is 2.26. The molecule has 2 aromatic carbocycles. The molecule has 2 heterocycles. The van der Waals surface area contributed by atoms with Crippen LogP contribution in [0.2, 0.25) is 0 Å². The minimum atomic E-state index is -0.364. The lowest BCUT2D eigenvalue weighted by molar-refractivity contribution is 0.378. The predicted octanol–water partition coefficient (Wildman–Crippen LogP) is 5.33. The number of anilines is 1. The van der Waals surface area contributed by atoms with Crippen LogP contribution in [0.3, 0.4) is 0 Å². The molecule has 2 atom stereocenters. The molecule has 1 aromatic heterocycles. The van der Waals surface area contributed by atoms with Crippen molar-refractivity contribution in [2.24, 2.45) is 4.99 Å². The largest absolute Gasteiger partial charge is 0.487 e. The number of aliphatic imine (C=N–C) groups is 1. The van der Waals surface area contributed by atoms with Crippen molar-refractivity contribution < 1.29 is 13.5 Å². The molecule has 0 amide bonds. The predicted molar refractivity (Wildman–Crippen MR) is 125 cm³/mol. The van der Waals surface area contributed by atoms with E-state index in [1.165, 1.54) is 18.2 Å². The van der Waals surface area contributed by atoms with E-state index in [2.05, 4.69) is 12.2 Å². The Morgan fingerprint density at radius 3 is 2.90 bits per heavy atom. The quantitative estimate of drug-likeness (QED) is 0.503. The molecule has 0 fully saturated rings. The number of halogens is 1. The fourth-order valence-electron chi connectivity index (χ4n) is 3.69.